The number of rotatable bonds is 8. The van der Waals surface area contributed by atoms with Crippen LogP contribution in [0.3, 0.4) is 0 Å². The zero-order valence-electron chi connectivity index (χ0n) is 11.1. The first-order valence-electron chi connectivity index (χ1n) is 6.45. The Balaban J connectivity index is 2.14. The smallest absolute Gasteiger partial charge is 0.224 e. The van der Waals surface area contributed by atoms with Crippen LogP contribution in [0, 0.1) is 5.82 Å². The molecule has 0 saturated carbocycles. The van der Waals surface area contributed by atoms with E-state index in [0.29, 0.717) is 31.8 Å². The van der Waals surface area contributed by atoms with Crippen LogP contribution in [0.1, 0.15) is 18.4 Å². The largest absolute Gasteiger partial charge is 0.354 e. The highest BCUT2D eigenvalue weighted by atomic mass is 35.5. The molecular weight excluding hydrogens is 283 g/mol. The molecule has 0 spiro atoms. The Morgan fingerprint density at radius 3 is 2.25 bits per heavy atom. The van der Waals surface area contributed by atoms with E-state index in [1.807, 2.05) is 0 Å². The minimum Gasteiger partial charge on any atom is -0.354 e. The lowest BCUT2D eigenvalue weighted by Crippen LogP contribution is -2.35. The van der Waals surface area contributed by atoms with E-state index in [2.05, 4.69) is 10.6 Å². The van der Waals surface area contributed by atoms with Gasteiger partial charge >= 0.3 is 0 Å². The summed E-state index contributed by atoms with van der Waals surface area (Å²) in [5.41, 5.74) is 0.745. The number of nitrogens with one attached hydrogen (secondary N) is 2. The minimum atomic E-state index is -0.325. The Morgan fingerprint density at radius 1 is 1.05 bits per heavy atom. The van der Waals surface area contributed by atoms with Crippen LogP contribution in [-0.2, 0) is 16.0 Å². The molecule has 0 unspecified atom stereocenters. The normalized spacial score (nSPS) is 10.1. The molecule has 2 N–H and O–H groups in total. The zero-order valence-corrected chi connectivity index (χ0v) is 11.9. The molecule has 0 fully saturated rings. The molecule has 0 bridgehead atoms. The minimum absolute atomic E-state index is 0.0709. The van der Waals surface area contributed by atoms with Crippen molar-refractivity contribution in [2.45, 2.75) is 19.3 Å². The topological polar surface area (TPSA) is 58.2 Å². The first-order valence-corrected chi connectivity index (χ1v) is 6.99. The third-order valence-corrected chi connectivity index (χ3v) is 2.85. The summed E-state index contributed by atoms with van der Waals surface area (Å²) >= 11 is 5.47. The van der Waals surface area contributed by atoms with Crippen LogP contribution in [0.2, 0.25) is 0 Å². The van der Waals surface area contributed by atoms with Crippen molar-refractivity contribution in [2.24, 2.45) is 0 Å². The van der Waals surface area contributed by atoms with Crippen molar-refractivity contribution >= 4 is 23.4 Å². The second kappa shape index (κ2) is 9.31. The molecule has 110 valence electrons. The Hall–Kier alpha value is -1.62. The lowest BCUT2D eigenvalue weighted by molar-refractivity contribution is -0.122. The third kappa shape index (κ3) is 7.09. The molecule has 0 saturated heterocycles. The van der Waals surface area contributed by atoms with Crippen LogP contribution in [0.4, 0.5) is 4.39 Å². The van der Waals surface area contributed by atoms with Crippen LogP contribution >= 0.6 is 11.6 Å². The van der Waals surface area contributed by atoms with Crippen molar-refractivity contribution in [3.8, 4) is 0 Å². The average molecular weight is 301 g/mol. The van der Waals surface area contributed by atoms with Gasteiger partial charge in [0.1, 0.15) is 5.82 Å². The average Bonchev–Trinajstić information content (AvgIpc) is 2.44. The van der Waals surface area contributed by atoms with Crippen molar-refractivity contribution in [2.75, 3.05) is 19.0 Å². The second-order valence-electron chi connectivity index (χ2n) is 4.30. The quantitative estimate of drug-likeness (QED) is 0.566. The maximum absolute atomic E-state index is 12.7. The summed E-state index contributed by atoms with van der Waals surface area (Å²) in [6.07, 6.45) is 1.23. The highest BCUT2D eigenvalue weighted by Gasteiger charge is 2.04. The summed E-state index contributed by atoms with van der Waals surface area (Å²) in [6, 6.07) is 5.78. The number of benzene rings is 1. The molecule has 0 aliphatic carbocycles. The highest BCUT2D eigenvalue weighted by molar-refractivity contribution is 6.17. The summed E-state index contributed by atoms with van der Waals surface area (Å²) in [5, 5.41) is 5.37. The first kappa shape index (κ1) is 16.4. The van der Waals surface area contributed by atoms with Crippen molar-refractivity contribution in [3.05, 3.63) is 35.6 Å². The molecule has 2 amide bonds. The number of carbonyl (C=O) groups excluding carboxylic acids is 2. The summed E-state index contributed by atoms with van der Waals surface area (Å²) in [4.78, 5) is 22.8. The van der Waals surface area contributed by atoms with Crippen LogP contribution in [0.15, 0.2) is 24.3 Å². The number of alkyl halides is 1. The van der Waals surface area contributed by atoms with Gasteiger partial charge in [0.25, 0.3) is 0 Å². The van der Waals surface area contributed by atoms with Crippen molar-refractivity contribution < 1.29 is 14.0 Å². The molecule has 1 aromatic rings. The number of hydrogen-bond donors (Lipinski definition) is 2. The molecule has 0 aliphatic rings. The van der Waals surface area contributed by atoms with Crippen molar-refractivity contribution in [1.82, 2.24) is 10.6 Å². The zero-order chi connectivity index (χ0) is 14.8. The predicted octanol–water partition coefficient (Wildman–Crippen LogP) is 1.62. The van der Waals surface area contributed by atoms with E-state index in [1.165, 1.54) is 12.1 Å². The predicted molar refractivity (Wildman–Crippen MR) is 76.1 cm³/mol. The van der Waals surface area contributed by atoms with E-state index in [9.17, 15) is 14.0 Å². The second-order valence-corrected chi connectivity index (χ2v) is 4.67. The summed E-state index contributed by atoms with van der Waals surface area (Å²) in [7, 11) is 0. The van der Waals surface area contributed by atoms with E-state index in [0.717, 1.165) is 5.56 Å². The van der Waals surface area contributed by atoms with E-state index < -0.39 is 0 Å². The van der Waals surface area contributed by atoms with Crippen LogP contribution in [-0.4, -0.2) is 30.8 Å². The van der Waals surface area contributed by atoms with Crippen LogP contribution in [0.25, 0.3) is 0 Å². The lowest BCUT2D eigenvalue weighted by Gasteiger charge is -2.07. The summed E-state index contributed by atoms with van der Waals surface area (Å²) < 4.78 is 12.7. The molecule has 4 nitrogen and oxygen atoms in total. The molecule has 1 rings (SSSR count). The lowest BCUT2D eigenvalue weighted by atomic mass is 10.1. The maximum atomic E-state index is 12.7. The number of amides is 2. The van der Waals surface area contributed by atoms with Gasteiger partial charge in [-0.05, 0) is 24.1 Å². The molecule has 0 heterocycles. The molecule has 6 heteroatoms. The fraction of sp³-hybridized carbons (Fsp3) is 0.429. The maximum Gasteiger partial charge on any atom is 0.224 e. The van der Waals surface area contributed by atoms with Gasteiger partial charge in [-0.1, -0.05) is 12.1 Å². The number of halogens is 2. The van der Waals surface area contributed by atoms with Gasteiger partial charge in [-0.3, -0.25) is 9.59 Å². The fourth-order valence-corrected chi connectivity index (χ4v) is 1.70. The molecule has 20 heavy (non-hydrogen) atoms. The molecule has 0 aliphatic heterocycles. The van der Waals surface area contributed by atoms with Crippen molar-refractivity contribution in [3.63, 3.8) is 0 Å². The summed E-state index contributed by atoms with van der Waals surface area (Å²) in [5.74, 6) is -0.0965. The van der Waals surface area contributed by atoms with Gasteiger partial charge in [0.2, 0.25) is 11.8 Å². The molecule has 0 radical (unpaired) electrons. The van der Waals surface area contributed by atoms with Gasteiger partial charge in [-0.15, -0.1) is 11.6 Å². The Bertz CT molecular complexity index is 437. The fourth-order valence-electron chi connectivity index (χ4n) is 1.57. The Morgan fingerprint density at radius 2 is 1.65 bits per heavy atom. The molecular formula is C14H18ClFN2O2. The van der Waals surface area contributed by atoms with Gasteiger partial charge in [-0.2, -0.15) is 0 Å². The van der Waals surface area contributed by atoms with Gasteiger partial charge in [-0.25, -0.2) is 4.39 Å². The van der Waals surface area contributed by atoms with E-state index in [4.69, 9.17) is 11.6 Å². The van der Waals surface area contributed by atoms with E-state index in [1.54, 1.807) is 12.1 Å². The number of hydrogen-bond acceptors (Lipinski definition) is 2. The monoisotopic (exact) mass is 300 g/mol. The Labute approximate surface area is 122 Å². The van der Waals surface area contributed by atoms with E-state index >= 15 is 0 Å². The third-order valence-electron chi connectivity index (χ3n) is 2.58. The molecule has 0 aromatic heterocycles. The van der Waals surface area contributed by atoms with Gasteiger partial charge in [0.15, 0.2) is 0 Å². The van der Waals surface area contributed by atoms with Gasteiger partial charge in [0, 0.05) is 25.4 Å². The molecule has 1 aromatic carbocycles. The standard InChI is InChI=1S/C14H18ClFN2O2/c15-7-1-2-13(19)17-8-9-18-14(20)10-11-3-5-12(16)6-4-11/h3-6H,1-2,7-10H2,(H,17,19)(H,18,20). The van der Waals surface area contributed by atoms with Gasteiger partial charge in [0.05, 0.1) is 6.42 Å². The van der Waals surface area contributed by atoms with Crippen molar-refractivity contribution in [1.29, 1.82) is 0 Å². The summed E-state index contributed by atoms with van der Waals surface area (Å²) in [6.45, 7) is 0.753. The highest BCUT2D eigenvalue weighted by Crippen LogP contribution is 2.03. The number of carbonyl (C=O) groups is 2. The SMILES string of the molecule is O=C(CCCCl)NCCNC(=O)Cc1ccc(F)cc1. The molecule has 0 atom stereocenters. The first-order chi connectivity index (χ1) is 9.61. The van der Waals surface area contributed by atoms with Crippen LogP contribution in [0.5, 0.6) is 0 Å². The van der Waals surface area contributed by atoms with Crippen LogP contribution < -0.4 is 10.6 Å². The Kier molecular flexibility index (Phi) is 7.65. The van der Waals surface area contributed by atoms with E-state index in [-0.39, 0.29) is 24.1 Å². The van der Waals surface area contributed by atoms with Gasteiger partial charge < -0.3 is 10.6 Å².